The van der Waals surface area contributed by atoms with Crippen LogP contribution in [0.1, 0.15) is 18.8 Å². The van der Waals surface area contributed by atoms with Crippen molar-refractivity contribution in [3.05, 3.63) is 35.9 Å². The normalized spacial score (nSPS) is 14.2. The number of aliphatic hydroxyl groups is 1. The van der Waals surface area contributed by atoms with Crippen molar-refractivity contribution in [2.75, 3.05) is 13.6 Å². The van der Waals surface area contributed by atoms with Crippen LogP contribution in [0.15, 0.2) is 30.3 Å². The molecule has 0 aliphatic rings. The second-order valence-corrected chi connectivity index (χ2v) is 3.75. The monoisotopic (exact) mass is 223 g/mol. The van der Waals surface area contributed by atoms with Gasteiger partial charge in [0.2, 0.25) is 6.41 Å². The van der Waals surface area contributed by atoms with Crippen molar-refractivity contribution < 1.29 is 14.6 Å². The Kier molecular flexibility index (Phi) is 4.95. The van der Waals surface area contributed by atoms with Crippen LogP contribution in [-0.2, 0) is 9.53 Å². The summed E-state index contributed by atoms with van der Waals surface area (Å²) in [5.41, 5.74) is 0.711. The highest BCUT2D eigenvalue weighted by molar-refractivity contribution is 5.46. The van der Waals surface area contributed by atoms with Crippen molar-refractivity contribution in [3.63, 3.8) is 0 Å². The van der Waals surface area contributed by atoms with Crippen LogP contribution in [-0.4, -0.2) is 36.1 Å². The second kappa shape index (κ2) is 6.25. The first-order chi connectivity index (χ1) is 7.63. The molecule has 1 amide bonds. The summed E-state index contributed by atoms with van der Waals surface area (Å²) in [6, 6.07) is 9.13. The summed E-state index contributed by atoms with van der Waals surface area (Å²) in [5, 5.41) is 9.75. The summed E-state index contributed by atoms with van der Waals surface area (Å²) >= 11 is 0. The van der Waals surface area contributed by atoms with Gasteiger partial charge in [-0.2, -0.15) is 0 Å². The van der Waals surface area contributed by atoms with E-state index in [1.807, 2.05) is 25.1 Å². The van der Waals surface area contributed by atoms with Crippen LogP contribution in [0.4, 0.5) is 0 Å². The van der Waals surface area contributed by atoms with E-state index in [-0.39, 0.29) is 6.10 Å². The lowest BCUT2D eigenvalue weighted by Gasteiger charge is -2.21. The second-order valence-electron chi connectivity index (χ2n) is 3.75. The van der Waals surface area contributed by atoms with Gasteiger partial charge in [-0.25, -0.2) is 0 Å². The Balaban J connectivity index is 2.45. The van der Waals surface area contributed by atoms with Gasteiger partial charge in [-0.05, 0) is 6.92 Å². The Morgan fingerprint density at radius 1 is 1.44 bits per heavy atom. The summed E-state index contributed by atoms with van der Waals surface area (Å²) in [7, 11) is 1.67. The Morgan fingerprint density at radius 3 is 2.62 bits per heavy atom. The van der Waals surface area contributed by atoms with Gasteiger partial charge < -0.3 is 14.7 Å². The SMILES string of the molecule is CC(CN(C)C=O)OC(O)c1ccccc1. The van der Waals surface area contributed by atoms with Gasteiger partial charge in [-0.3, -0.25) is 4.79 Å². The van der Waals surface area contributed by atoms with Crippen LogP contribution < -0.4 is 0 Å². The van der Waals surface area contributed by atoms with Crippen LogP contribution in [0.5, 0.6) is 0 Å². The number of hydrogen-bond acceptors (Lipinski definition) is 3. The molecule has 1 aromatic carbocycles. The molecule has 16 heavy (non-hydrogen) atoms. The average molecular weight is 223 g/mol. The van der Waals surface area contributed by atoms with Gasteiger partial charge in [0.1, 0.15) is 0 Å². The molecule has 1 aromatic rings. The molecule has 0 radical (unpaired) electrons. The Hall–Kier alpha value is -1.39. The summed E-state index contributed by atoms with van der Waals surface area (Å²) in [5.74, 6) is 0. The lowest BCUT2D eigenvalue weighted by Crippen LogP contribution is -2.29. The average Bonchev–Trinajstić information content (AvgIpc) is 2.29. The standard InChI is InChI=1S/C12H17NO3/c1-10(8-13(2)9-14)16-12(15)11-6-4-3-5-7-11/h3-7,9-10,12,15H,8H2,1-2H3. The number of carbonyl (C=O) groups is 1. The maximum atomic E-state index is 10.4. The largest absolute Gasteiger partial charge is 0.364 e. The highest BCUT2D eigenvalue weighted by atomic mass is 16.6. The van der Waals surface area contributed by atoms with Crippen LogP contribution in [0, 0.1) is 0 Å². The van der Waals surface area contributed by atoms with E-state index in [0.29, 0.717) is 12.1 Å². The van der Waals surface area contributed by atoms with Crippen molar-refractivity contribution in [2.45, 2.75) is 19.3 Å². The molecule has 0 aliphatic heterocycles. The molecule has 0 aliphatic carbocycles. The fraction of sp³-hybridized carbons (Fsp3) is 0.417. The molecule has 2 unspecified atom stereocenters. The highest BCUT2D eigenvalue weighted by Gasteiger charge is 2.12. The first kappa shape index (κ1) is 12.7. The van der Waals surface area contributed by atoms with Gasteiger partial charge in [0.15, 0.2) is 6.29 Å². The number of nitrogens with zero attached hydrogens (tertiary/aromatic N) is 1. The molecule has 0 fully saturated rings. The van der Waals surface area contributed by atoms with Gasteiger partial charge in [0, 0.05) is 19.2 Å². The number of ether oxygens (including phenoxy) is 1. The number of hydrogen-bond donors (Lipinski definition) is 1. The van der Waals surface area contributed by atoms with E-state index in [1.54, 1.807) is 19.2 Å². The molecule has 0 bridgehead atoms. The quantitative estimate of drug-likeness (QED) is 0.582. The molecule has 1 N–H and O–H groups in total. The third-order valence-electron chi connectivity index (χ3n) is 2.17. The van der Waals surface area contributed by atoms with Crippen molar-refractivity contribution in [1.29, 1.82) is 0 Å². The van der Waals surface area contributed by atoms with E-state index in [9.17, 15) is 9.90 Å². The lowest BCUT2D eigenvalue weighted by molar-refractivity contribution is -0.143. The van der Waals surface area contributed by atoms with Crippen molar-refractivity contribution in [1.82, 2.24) is 4.90 Å². The van der Waals surface area contributed by atoms with E-state index in [2.05, 4.69) is 0 Å². The molecule has 0 aromatic heterocycles. The Morgan fingerprint density at radius 2 is 2.06 bits per heavy atom. The van der Waals surface area contributed by atoms with Crippen LogP contribution in [0.25, 0.3) is 0 Å². The van der Waals surface area contributed by atoms with Gasteiger partial charge in [0.25, 0.3) is 0 Å². The molecular weight excluding hydrogens is 206 g/mol. The Bertz CT molecular complexity index is 315. The number of likely N-dealkylation sites (N-methyl/N-ethyl adjacent to an activating group) is 1. The minimum Gasteiger partial charge on any atom is -0.364 e. The van der Waals surface area contributed by atoms with Crippen LogP contribution >= 0.6 is 0 Å². The molecule has 0 saturated heterocycles. The van der Waals surface area contributed by atoms with Gasteiger partial charge >= 0.3 is 0 Å². The molecule has 88 valence electrons. The molecule has 0 heterocycles. The third-order valence-corrected chi connectivity index (χ3v) is 2.17. The Labute approximate surface area is 95.5 Å². The molecular formula is C12H17NO3. The minimum absolute atomic E-state index is 0.217. The smallest absolute Gasteiger partial charge is 0.209 e. The van der Waals surface area contributed by atoms with Gasteiger partial charge in [-0.1, -0.05) is 30.3 Å². The van der Waals surface area contributed by atoms with Crippen LogP contribution in [0.3, 0.4) is 0 Å². The first-order valence-electron chi connectivity index (χ1n) is 5.17. The number of rotatable bonds is 6. The van der Waals surface area contributed by atoms with Crippen molar-refractivity contribution in [2.24, 2.45) is 0 Å². The molecule has 4 nitrogen and oxygen atoms in total. The molecule has 1 rings (SSSR count). The molecule has 2 atom stereocenters. The topological polar surface area (TPSA) is 49.8 Å². The highest BCUT2D eigenvalue weighted by Crippen LogP contribution is 2.15. The molecule has 0 spiro atoms. The van der Waals surface area contributed by atoms with Crippen molar-refractivity contribution in [3.8, 4) is 0 Å². The fourth-order valence-electron chi connectivity index (χ4n) is 1.41. The fourth-order valence-corrected chi connectivity index (χ4v) is 1.41. The van der Waals surface area contributed by atoms with Crippen LogP contribution in [0.2, 0.25) is 0 Å². The summed E-state index contributed by atoms with van der Waals surface area (Å²) in [4.78, 5) is 11.9. The lowest BCUT2D eigenvalue weighted by atomic mass is 10.2. The number of benzene rings is 1. The zero-order chi connectivity index (χ0) is 12.0. The third kappa shape index (κ3) is 4.00. The van der Waals surface area contributed by atoms with Gasteiger partial charge in [0.05, 0.1) is 6.10 Å². The summed E-state index contributed by atoms with van der Waals surface area (Å²) in [6.07, 6.45) is -0.434. The zero-order valence-electron chi connectivity index (χ0n) is 9.54. The maximum absolute atomic E-state index is 10.4. The van der Waals surface area contributed by atoms with E-state index < -0.39 is 6.29 Å². The van der Waals surface area contributed by atoms with E-state index >= 15 is 0 Å². The van der Waals surface area contributed by atoms with E-state index in [4.69, 9.17) is 4.74 Å². The summed E-state index contributed by atoms with van der Waals surface area (Å²) < 4.78 is 5.36. The predicted molar refractivity (Wildman–Crippen MR) is 60.6 cm³/mol. The van der Waals surface area contributed by atoms with E-state index in [1.165, 1.54) is 4.90 Å². The number of amides is 1. The van der Waals surface area contributed by atoms with Crippen molar-refractivity contribution >= 4 is 6.41 Å². The zero-order valence-corrected chi connectivity index (χ0v) is 9.54. The first-order valence-corrected chi connectivity index (χ1v) is 5.17. The van der Waals surface area contributed by atoms with Gasteiger partial charge in [-0.15, -0.1) is 0 Å². The maximum Gasteiger partial charge on any atom is 0.209 e. The molecule has 0 saturated carbocycles. The number of carbonyl (C=O) groups excluding carboxylic acids is 1. The minimum atomic E-state index is -0.948. The molecule has 4 heteroatoms. The van der Waals surface area contributed by atoms with E-state index in [0.717, 1.165) is 6.41 Å². The number of aliphatic hydroxyl groups excluding tert-OH is 1. The predicted octanol–water partition coefficient (Wildman–Crippen LogP) is 1.17. The summed E-state index contributed by atoms with van der Waals surface area (Å²) in [6.45, 7) is 2.26.